The Bertz CT molecular complexity index is 207. The Morgan fingerprint density at radius 1 is 1.25 bits per heavy atom. The van der Waals surface area contributed by atoms with Crippen molar-refractivity contribution in [3.05, 3.63) is 24.8 Å². The van der Waals surface area contributed by atoms with Crippen LogP contribution < -0.4 is 0 Å². The molecule has 0 aromatic rings. The first kappa shape index (κ1) is 13.5. The molecule has 0 radical (unpaired) electrons. The van der Waals surface area contributed by atoms with Crippen LogP contribution >= 0.6 is 0 Å². The van der Waals surface area contributed by atoms with E-state index in [-0.39, 0.29) is 0 Å². The highest BCUT2D eigenvalue weighted by atomic mass is 16.5. The molecule has 1 saturated carbocycles. The van der Waals surface area contributed by atoms with Crippen molar-refractivity contribution in [3.8, 4) is 0 Å². The second-order valence-electron chi connectivity index (χ2n) is 4.75. The lowest BCUT2D eigenvalue weighted by molar-refractivity contribution is 0.135. The molecule has 0 N–H and O–H groups in total. The van der Waals surface area contributed by atoms with Crippen molar-refractivity contribution in [1.29, 1.82) is 0 Å². The SMILES string of the molecule is C=CC1CCC(C=CCCOCCCC)C1. The van der Waals surface area contributed by atoms with Gasteiger partial charge in [-0.25, -0.2) is 0 Å². The van der Waals surface area contributed by atoms with Gasteiger partial charge in [0.15, 0.2) is 0 Å². The first-order valence-corrected chi connectivity index (χ1v) is 6.73. The number of unbranched alkanes of at least 4 members (excludes halogenated alkanes) is 1. The summed E-state index contributed by atoms with van der Waals surface area (Å²) in [6.07, 6.45) is 14.2. The van der Waals surface area contributed by atoms with Crippen molar-refractivity contribution in [2.75, 3.05) is 13.2 Å². The molecule has 1 aliphatic carbocycles. The molecule has 0 spiro atoms. The lowest BCUT2D eigenvalue weighted by atomic mass is 10.0. The first-order valence-electron chi connectivity index (χ1n) is 6.73. The quantitative estimate of drug-likeness (QED) is 0.438. The Balaban J connectivity index is 1.98. The number of hydrogen-bond donors (Lipinski definition) is 0. The van der Waals surface area contributed by atoms with E-state index in [1.807, 2.05) is 0 Å². The Morgan fingerprint density at radius 2 is 2.06 bits per heavy atom. The third kappa shape index (κ3) is 5.50. The molecular formula is C15H26O. The van der Waals surface area contributed by atoms with Crippen LogP contribution in [0.15, 0.2) is 24.8 Å². The van der Waals surface area contributed by atoms with Gasteiger partial charge in [0.25, 0.3) is 0 Å². The molecule has 0 saturated heterocycles. The summed E-state index contributed by atoms with van der Waals surface area (Å²) in [4.78, 5) is 0. The number of allylic oxidation sites excluding steroid dienone is 2. The summed E-state index contributed by atoms with van der Waals surface area (Å²) in [6, 6.07) is 0. The monoisotopic (exact) mass is 222 g/mol. The molecule has 1 aliphatic rings. The second-order valence-corrected chi connectivity index (χ2v) is 4.75. The lowest BCUT2D eigenvalue weighted by Gasteiger charge is -2.03. The second kappa shape index (κ2) is 8.58. The van der Waals surface area contributed by atoms with Gasteiger partial charge in [0, 0.05) is 6.61 Å². The predicted molar refractivity (Wildman–Crippen MR) is 70.5 cm³/mol. The third-order valence-corrected chi connectivity index (χ3v) is 3.33. The molecule has 1 heteroatoms. The van der Waals surface area contributed by atoms with Crippen LogP contribution in [0.2, 0.25) is 0 Å². The van der Waals surface area contributed by atoms with Crippen LogP contribution in [0, 0.1) is 11.8 Å². The molecule has 1 nitrogen and oxygen atoms in total. The smallest absolute Gasteiger partial charge is 0.0500 e. The van der Waals surface area contributed by atoms with Gasteiger partial charge in [0.05, 0.1) is 6.61 Å². The zero-order chi connectivity index (χ0) is 11.6. The highest BCUT2D eigenvalue weighted by Gasteiger charge is 2.19. The minimum atomic E-state index is 0.760. The van der Waals surface area contributed by atoms with Crippen LogP contribution in [0.4, 0.5) is 0 Å². The summed E-state index contributed by atoms with van der Waals surface area (Å²) >= 11 is 0. The van der Waals surface area contributed by atoms with Crippen molar-refractivity contribution in [3.63, 3.8) is 0 Å². The van der Waals surface area contributed by atoms with Crippen LogP contribution in [0.25, 0.3) is 0 Å². The van der Waals surface area contributed by atoms with Gasteiger partial charge in [-0.05, 0) is 43.9 Å². The van der Waals surface area contributed by atoms with E-state index in [4.69, 9.17) is 4.74 Å². The van der Waals surface area contributed by atoms with Crippen molar-refractivity contribution >= 4 is 0 Å². The van der Waals surface area contributed by atoms with Crippen molar-refractivity contribution in [1.82, 2.24) is 0 Å². The Hall–Kier alpha value is -0.560. The maximum absolute atomic E-state index is 5.51. The molecule has 92 valence electrons. The van der Waals surface area contributed by atoms with E-state index in [0.717, 1.165) is 31.5 Å². The van der Waals surface area contributed by atoms with Crippen molar-refractivity contribution in [2.24, 2.45) is 11.8 Å². The molecular weight excluding hydrogens is 196 g/mol. The number of rotatable bonds is 8. The zero-order valence-electron chi connectivity index (χ0n) is 10.7. The molecule has 0 amide bonds. The van der Waals surface area contributed by atoms with Gasteiger partial charge >= 0.3 is 0 Å². The molecule has 0 aromatic carbocycles. The van der Waals surface area contributed by atoms with Gasteiger partial charge < -0.3 is 4.74 Å². The Morgan fingerprint density at radius 3 is 2.75 bits per heavy atom. The fourth-order valence-corrected chi connectivity index (χ4v) is 2.23. The molecule has 1 fully saturated rings. The van der Waals surface area contributed by atoms with Gasteiger partial charge in [0.2, 0.25) is 0 Å². The average Bonchev–Trinajstić information content (AvgIpc) is 2.76. The summed E-state index contributed by atoms with van der Waals surface area (Å²) in [6.45, 7) is 7.87. The average molecular weight is 222 g/mol. The van der Waals surface area contributed by atoms with E-state index in [2.05, 4.69) is 31.7 Å². The molecule has 2 atom stereocenters. The van der Waals surface area contributed by atoms with Crippen LogP contribution in [0.1, 0.15) is 45.4 Å². The topological polar surface area (TPSA) is 9.23 Å². The third-order valence-electron chi connectivity index (χ3n) is 3.33. The van der Waals surface area contributed by atoms with Crippen molar-refractivity contribution in [2.45, 2.75) is 45.4 Å². The van der Waals surface area contributed by atoms with E-state index in [1.165, 1.54) is 32.1 Å². The standard InChI is InChI=1S/C15H26O/c1-3-5-11-16-12-7-6-8-15-10-9-14(4-2)13-15/h4,6,8,14-15H,2-3,5,7,9-13H2,1H3. The first-order chi connectivity index (χ1) is 7.86. The normalized spacial score (nSPS) is 25.3. The number of hydrogen-bond acceptors (Lipinski definition) is 1. The van der Waals surface area contributed by atoms with Crippen LogP contribution in [-0.4, -0.2) is 13.2 Å². The zero-order valence-corrected chi connectivity index (χ0v) is 10.7. The predicted octanol–water partition coefficient (Wildman–Crippen LogP) is 4.35. The molecule has 0 aliphatic heterocycles. The molecule has 2 unspecified atom stereocenters. The fraction of sp³-hybridized carbons (Fsp3) is 0.733. The molecule has 0 bridgehead atoms. The van der Waals surface area contributed by atoms with Gasteiger partial charge in [0.1, 0.15) is 0 Å². The molecule has 16 heavy (non-hydrogen) atoms. The highest BCUT2D eigenvalue weighted by molar-refractivity contribution is 4.96. The van der Waals surface area contributed by atoms with Gasteiger partial charge in [-0.3, -0.25) is 0 Å². The van der Waals surface area contributed by atoms with Crippen LogP contribution in [-0.2, 0) is 4.74 Å². The van der Waals surface area contributed by atoms with Crippen LogP contribution in [0.5, 0.6) is 0 Å². The molecule has 0 aromatic heterocycles. The molecule has 0 heterocycles. The Labute approximate surface area is 101 Å². The van der Waals surface area contributed by atoms with E-state index in [0.29, 0.717) is 0 Å². The minimum absolute atomic E-state index is 0.760. The highest BCUT2D eigenvalue weighted by Crippen LogP contribution is 2.32. The summed E-state index contributed by atoms with van der Waals surface area (Å²) in [5.41, 5.74) is 0. The van der Waals surface area contributed by atoms with Gasteiger partial charge in [-0.15, -0.1) is 6.58 Å². The van der Waals surface area contributed by atoms with Gasteiger partial charge in [-0.2, -0.15) is 0 Å². The Kier molecular flexibility index (Phi) is 7.24. The van der Waals surface area contributed by atoms with E-state index >= 15 is 0 Å². The van der Waals surface area contributed by atoms with E-state index in [9.17, 15) is 0 Å². The summed E-state index contributed by atoms with van der Waals surface area (Å²) < 4.78 is 5.51. The van der Waals surface area contributed by atoms with Crippen LogP contribution in [0.3, 0.4) is 0 Å². The van der Waals surface area contributed by atoms with E-state index < -0.39 is 0 Å². The lowest BCUT2D eigenvalue weighted by Crippen LogP contribution is -1.95. The minimum Gasteiger partial charge on any atom is -0.381 e. The summed E-state index contributed by atoms with van der Waals surface area (Å²) in [5, 5.41) is 0. The maximum atomic E-state index is 5.51. The number of ether oxygens (including phenoxy) is 1. The van der Waals surface area contributed by atoms with E-state index in [1.54, 1.807) is 0 Å². The van der Waals surface area contributed by atoms with Crippen molar-refractivity contribution < 1.29 is 4.74 Å². The largest absolute Gasteiger partial charge is 0.381 e. The fourth-order valence-electron chi connectivity index (χ4n) is 2.23. The maximum Gasteiger partial charge on any atom is 0.0500 e. The molecule has 1 rings (SSSR count). The summed E-state index contributed by atoms with van der Waals surface area (Å²) in [5.74, 6) is 1.55. The van der Waals surface area contributed by atoms with Gasteiger partial charge in [-0.1, -0.05) is 31.6 Å². The summed E-state index contributed by atoms with van der Waals surface area (Å²) in [7, 11) is 0.